The predicted octanol–water partition coefficient (Wildman–Crippen LogP) is 1.74. The van der Waals surface area contributed by atoms with Gasteiger partial charge in [-0.05, 0) is 24.3 Å². The van der Waals surface area contributed by atoms with E-state index in [1.54, 1.807) is 11.8 Å². The van der Waals surface area contributed by atoms with Crippen molar-refractivity contribution in [3.05, 3.63) is 30.1 Å². The zero-order valence-electron chi connectivity index (χ0n) is 7.81. The van der Waals surface area contributed by atoms with Crippen LogP contribution >= 0.6 is 11.8 Å². The molecule has 1 N–H and O–H groups in total. The average Bonchev–Trinajstić information content (AvgIpc) is 2.19. The molecule has 2 nitrogen and oxygen atoms in total. The summed E-state index contributed by atoms with van der Waals surface area (Å²) in [6.45, 7) is 2.29. The average molecular weight is 197 g/mol. The van der Waals surface area contributed by atoms with Crippen molar-refractivity contribution in [2.75, 3.05) is 12.4 Å². The van der Waals surface area contributed by atoms with Gasteiger partial charge >= 0.3 is 0 Å². The fraction of sp³-hybridized carbons (Fsp3) is 0.500. The van der Waals surface area contributed by atoms with Crippen LogP contribution in [0.5, 0.6) is 0 Å². The van der Waals surface area contributed by atoms with E-state index in [2.05, 4.69) is 4.98 Å². The minimum absolute atomic E-state index is 0.257. The van der Waals surface area contributed by atoms with E-state index < -0.39 is 0 Å². The van der Waals surface area contributed by atoms with Crippen LogP contribution in [0.4, 0.5) is 0 Å². The zero-order valence-corrected chi connectivity index (χ0v) is 8.63. The lowest BCUT2D eigenvalue weighted by atomic mass is 10.3. The van der Waals surface area contributed by atoms with Gasteiger partial charge in [0.2, 0.25) is 0 Å². The molecule has 3 heteroatoms. The van der Waals surface area contributed by atoms with E-state index in [9.17, 15) is 0 Å². The summed E-state index contributed by atoms with van der Waals surface area (Å²) in [6.07, 6.45) is 2.80. The summed E-state index contributed by atoms with van der Waals surface area (Å²) in [7, 11) is 0. The molecule has 0 amide bonds. The minimum atomic E-state index is 0.257. The van der Waals surface area contributed by atoms with E-state index in [1.807, 2.05) is 31.3 Å². The first-order valence-corrected chi connectivity index (χ1v) is 5.50. The Morgan fingerprint density at radius 1 is 1.54 bits per heavy atom. The van der Waals surface area contributed by atoms with Crippen LogP contribution in [0.15, 0.2) is 24.4 Å². The highest BCUT2D eigenvalue weighted by molar-refractivity contribution is 7.99. The van der Waals surface area contributed by atoms with Gasteiger partial charge in [-0.15, -0.1) is 0 Å². The van der Waals surface area contributed by atoms with E-state index >= 15 is 0 Å². The standard InChI is InChI=1S/C10H15NOS/c1-9(8-12)13-7-5-10-4-2-3-6-11-10/h2-4,6,9,12H,5,7-8H2,1H3. The van der Waals surface area contributed by atoms with Crippen LogP contribution in [-0.4, -0.2) is 27.7 Å². The molecular formula is C10H15NOS. The van der Waals surface area contributed by atoms with Crippen LogP contribution in [0, 0.1) is 0 Å². The number of pyridine rings is 1. The molecule has 1 heterocycles. The third-order valence-electron chi connectivity index (χ3n) is 1.74. The van der Waals surface area contributed by atoms with E-state index in [4.69, 9.17) is 5.11 Å². The zero-order chi connectivity index (χ0) is 9.52. The fourth-order valence-corrected chi connectivity index (χ4v) is 1.80. The van der Waals surface area contributed by atoms with Gasteiger partial charge in [-0.3, -0.25) is 4.98 Å². The molecule has 0 bridgehead atoms. The Labute approximate surface area is 83.4 Å². The molecule has 0 saturated heterocycles. The summed E-state index contributed by atoms with van der Waals surface area (Å²) in [4.78, 5) is 4.23. The summed E-state index contributed by atoms with van der Waals surface area (Å²) >= 11 is 1.78. The molecule has 1 atom stereocenters. The van der Waals surface area contributed by atoms with Crippen LogP contribution in [0.25, 0.3) is 0 Å². The maximum Gasteiger partial charge on any atom is 0.0547 e. The number of aryl methyl sites for hydroxylation is 1. The SMILES string of the molecule is CC(CO)SCCc1ccccn1. The number of rotatable bonds is 5. The third-order valence-corrected chi connectivity index (χ3v) is 2.90. The summed E-state index contributed by atoms with van der Waals surface area (Å²) in [6, 6.07) is 5.96. The molecule has 72 valence electrons. The van der Waals surface area contributed by atoms with Crippen molar-refractivity contribution in [2.45, 2.75) is 18.6 Å². The molecule has 0 fully saturated rings. The molecule has 0 spiro atoms. The van der Waals surface area contributed by atoms with Crippen LogP contribution < -0.4 is 0 Å². The Morgan fingerprint density at radius 2 is 2.38 bits per heavy atom. The fourth-order valence-electron chi connectivity index (χ4n) is 0.963. The second-order valence-corrected chi connectivity index (χ2v) is 4.48. The van der Waals surface area contributed by atoms with E-state index in [0.29, 0.717) is 5.25 Å². The van der Waals surface area contributed by atoms with Gasteiger partial charge in [-0.1, -0.05) is 13.0 Å². The predicted molar refractivity (Wildman–Crippen MR) is 56.9 cm³/mol. The highest BCUT2D eigenvalue weighted by Crippen LogP contribution is 2.11. The molecule has 13 heavy (non-hydrogen) atoms. The number of hydrogen-bond donors (Lipinski definition) is 1. The lowest BCUT2D eigenvalue weighted by molar-refractivity contribution is 0.300. The number of aliphatic hydroxyl groups is 1. The Balaban J connectivity index is 2.20. The number of thioether (sulfide) groups is 1. The van der Waals surface area contributed by atoms with Crippen molar-refractivity contribution in [3.8, 4) is 0 Å². The minimum Gasteiger partial charge on any atom is -0.395 e. The second-order valence-electron chi connectivity index (χ2n) is 2.94. The van der Waals surface area contributed by atoms with Gasteiger partial charge in [0.15, 0.2) is 0 Å². The summed E-state index contributed by atoms with van der Waals surface area (Å²) in [5.41, 5.74) is 1.13. The van der Waals surface area contributed by atoms with Gasteiger partial charge in [-0.25, -0.2) is 0 Å². The van der Waals surface area contributed by atoms with Gasteiger partial charge < -0.3 is 5.11 Å². The van der Waals surface area contributed by atoms with Crippen molar-refractivity contribution in [3.63, 3.8) is 0 Å². The van der Waals surface area contributed by atoms with Crippen molar-refractivity contribution < 1.29 is 5.11 Å². The molecule has 0 radical (unpaired) electrons. The lowest BCUT2D eigenvalue weighted by Crippen LogP contribution is -2.04. The largest absolute Gasteiger partial charge is 0.395 e. The number of aromatic nitrogens is 1. The third kappa shape index (κ3) is 4.29. The first-order valence-electron chi connectivity index (χ1n) is 4.45. The van der Waals surface area contributed by atoms with Gasteiger partial charge in [0.25, 0.3) is 0 Å². The Morgan fingerprint density at radius 3 is 3.00 bits per heavy atom. The molecule has 0 aliphatic rings. The number of aliphatic hydroxyl groups excluding tert-OH is 1. The van der Waals surface area contributed by atoms with Crippen LogP contribution in [-0.2, 0) is 6.42 Å². The summed E-state index contributed by atoms with van der Waals surface area (Å²) in [5.74, 6) is 1.03. The van der Waals surface area contributed by atoms with Crippen molar-refractivity contribution in [2.24, 2.45) is 0 Å². The van der Waals surface area contributed by atoms with Gasteiger partial charge in [-0.2, -0.15) is 11.8 Å². The molecule has 0 aliphatic carbocycles. The van der Waals surface area contributed by atoms with Crippen molar-refractivity contribution in [1.29, 1.82) is 0 Å². The van der Waals surface area contributed by atoms with E-state index in [0.717, 1.165) is 17.9 Å². The first-order chi connectivity index (χ1) is 6.33. The van der Waals surface area contributed by atoms with Crippen LogP contribution in [0.1, 0.15) is 12.6 Å². The highest BCUT2D eigenvalue weighted by Gasteiger charge is 2.00. The maximum absolute atomic E-state index is 8.80. The van der Waals surface area contributed by atoms with Gasteiger partial charge in [0.05, 0.1) is 6.61 Å². The van der Waals surface area contributed by atoms with E-state index in [-0.39, 0.29) is 6.61 Å². The molecule has 1 unspecified atom stereocenters. The quantitative estimate of drug-likeness (QED) is 0.780. The molecule has 1 aromatic rings. The van der Waals surface area contributed by atoms with Crippen molar-refractivity contribution in [1.82, 2.24) is 4.98 Å². The first kappa shape index (κ1) is 10.5. The van der Waals surface area contributed by atoms with E-state index in [1.165, 1.54) is 0 Å². The summed E-state index contributed by atoms with van der Waals surface area (Å²) in [5, 5.41) is 9.13. The highest BCUT2D eigenvalue weighted by atomic mass is 32.2. The normalized spacial score (nSPS) is 12.8. The monoisotopic (exact) mass is 197 g/mol. The van der Waals surface area contributed by atoms with Gasteiger partial charge in [0, 0.05) is 17.1 Å². The maximum atomic E-state index is 8.80. The lowest BCUT2D eigenvalue weighted by Gasteiger charge is -2.06. The molecule has 0 saturated carbocycles. The van der Waals surface area contributed by atoms with Crippen LogP contribution in [0.2, 0.25) is 0 Å². The van der Waals surface area contributed by atoms with Crippen molar-refractivity contribution >= 4 is 11.8 Å². The summed E-state index contributed by atoms with van der Waals surface area (Å²) < 4.78 is 0. The Hall–Kier alpha value is -0.540. The van der Waals surface area contributed by atoms with Gasteiger partial charge in [0.1, 0.15) is 0 Å². The molecule has 0 aromatic carbocycles. The smallest absolute Gasteiger partial charge is 0.0547 e. The number of hydrogen-bond acceptors (Lipinski definition) is 3. The number of nitrogens with zero attached hydrogens (tertiary/aromatic N) is 1. The second kappa shape index (κ2) is 6.00. The molecule has 0 aliphatic heterocycles. The Bertz CT molecular complexity index is 228. The molecule has 1 aromatic heterocycles. The molecule has 1 rings (SSSR count). The van der Waals surface area contributed by atoms with Crippen LogP contribution in [0.3, 0.4) is 0 Å². The topological polar surface area (TPSA) is 33.1 Å². The Kier molecular flexibility index (Phi) is 4.86. The molecular weight excluding hydrogens is 182 g/mol.